The van der Waals surface area contributed by atoms with E-state index in [1.165, 1.54) is 6.42 Å². The van der Waals surface area contributed by atoms with Gasteiger partial charge in [-0.1, -0.05) is 6.07 Å². The first-order valence-electron chi connectivity index (χ1n) is 6.44. The quantitative estimate of drug-likeness (QED) is 0.724. The maximum absolute atomic E-state index is 12.6. The number of amides is 1. The summed E-state index contributed by atoms with van der Waals surface area (Å²) in [5.41, 5.74) is 0.800. The van der Waals surface area contributed by atoms with Crippen molar-refractivity contribution in [1.82, 2.24) is 4.90 Å². The van der Waals surface area contributed by atoms with Gasteiger partial charge in [0.2, 0.25) is 0 Å². The summed E-state index contributed by atoms with van der Waals surface area (Å²) in [7, 11) is 0. The Balaban J connectivity index is 1.83. The molecular weight excluding hydrogens is 341 g/mol. The van der Waals surface area contributed by atoms with E-state index in [9.17, 15) is 4.79 Å². The number of rotatable bonds is 1. The van der Waals surface area contributed by atoms with Gasteiger partial charge in [0.1, 0.15) is 0 Å². The van der Waals surface area contributed by atoms with E-state index in [4.69, 9.17) is 4.74 Å². The van der Waals surface area contributed by atoms with Crippen molar-refractivity contribution in [2.24, 2.45) is 0 Å². The Hall–Kier alpha value is -0.620. The van der Waals surface area contributed by atoms with Crippen molar-refractivity contribution in [1.29, 1.82) is 0 Å². The van der Waals surface area contributed by atoms with Crippen LogP contribution >= 0.6 is 22.6 Å². The first-order chi connectivity index (χ1) is 8.75. The molecule has 1 saturated carbocycles. The fourth-order valence-corrected chi connectivity index (χ4v) is 3.51. The number of hydrogen-bond donors (Lipinski definition) is 0. The largest absolute Gasteiger partial charge is 0.374 e. The lowest BCUT2D eigenvalue weighted by Crippen LogP contribution is -2.51. The molecule has 96 valence electrons. The summed E-state index contributed by atoms with van der Waals surface area (Å²) in [5, 5.41) is 0. The Morgan fingerprint density at radius 3 is 3.11 bits per heavy atom. The molecule has 1 aromatic carbocycles. The van der Waals surface area contributed by atoms with E-state index in [1.54, 1.807) is 0 Å². The fraction of sp³-hybridized carbons (Fsp3) is 0.500. The van der Waals surface area contributed by atoms with Crippen LogP contribution in [-0.2, 0) is 4.74 Å². The minimum atomic E-state index is 0.161. The van der Waals surface area contributed by atoms with E-state index in [0.29, 0.717) is 12.6 Å². The molecule has 1 aliphatic carbocycles. The van der Waals surface area contributed by atoms with Crippen molar-refractivity contribution in [3.05, 3.63) is 33.4 Å². The van der Waals surface area contributed by atoms with E-state index in [-0.39, 0.29) is 12.0 Å². The Labute approximate surface area is 121 Å². The molecule has 0 aromatic heterocycles. The van der Waals surface area contributed by atoms with Crippen LogP contribution in [0.25, 0.3) is 0 Å². The average Bonchev–Trinajstić information content (AvgIpc) is 2.86. The minimum Gasteiger partial charge on any atom is -0.374 e. The van der Waals surface area contributed by atoms with E-state index < -0.39 is 0 Å². The highest BCUT2D eigenvalue weighted by atomic mass is 127. The molecule has 18 heavy (non-hydrogen) atoms. The van der Waals surface area contributed by atoms with Gasteiger partial charge in [0.05, 0.1) is 18.8 Å². The molecule has 2 unspecified atom stereocenters. The molecule has 1 aliphatic heterocycles. The zero-order chi connectivity index (χ0) is 12.5. The maximum atomic E-state index is 12.6. The highest BCUT2D eigenvalue weighted by Gasteiger charge is 2.38. The first-order valence-corrected chi connectivity index (χ1v) is 7.52. The molecule has 2 atom stereocenters. The van der Waals surface area contributed by atoms with Crippen molar-refractivity contribution < 1.29 is 9.53 Å². The molecule has 3 nitrogen and oxygen atoms in total. The molecular formula is C14H16INO2. The van der Waals surface area contributed by atoms with E-state index in [0.717, 1.165) is 28.5 Å². The van der Waals surface area contributed by atoms with Gasteiger partial charge in [0, 0.05) is 15.7 Å². The lowest BCUT2D eigenvalue weighted by Gasteiger charge is -2.37. The molecule has 1 amide bonds. The Morgan fingerprint density at radius 1 is 1.39 bits per heavy atom. The number of ether oxygens (including phenoxy) is 1. The molecule has 0 radical (unpaired) electrons. The summed E-state index contributed by atoms with van der Waals surface area (Å²) < 4.78 is 6.85. The molecule has 1 heterocycles. The highest BCUT2D eigenvalue weighted by molar-refractivity contribution is 14.1. The van der Waals surface area contributed by atoms with Crippen molar-refractivity contribution in [3.63, 3.8) is 0 Å². The molecule has 3 rings (SSSR count). The number of nitrogens with zero attached hydrogens (tertiary/aromatic N) is 1. The van der Waals surface area contributed by atoms with Crippen LogP contribution in [0, 0.1) is 3.57 Å². The smallest absolute Gasteiger partial charge is 0.254 e. The summed E-state index contributed by atoms with van der Waals surface area (Å²) in [6, 6.07) is 8.12. The monoisotopic (exact) mass is 357 g/mol. The second kappa shape index (κ2) is 5.17. The summed E-state index contributed by atoms with van der Waals surface area (Å²) in [5.74, 6) is 0.161. The van der Waals surface area contributed by atoms with Crippen molar-refractivity contribution in [2.45, 2.75) is 31.4 Å². The van der Waals surface area contributed by atoms with Gasteiger partial charge in [0.15, 0.2) is 0 Å². The summed E-state index contributed by atoms with van der Waals surface area (Å²) >= 11 is 2.25. The third-order valence-electron chi connectivity index (χ3n) is 3.81. The Morgan fingerprint density at radius 2 is 2.28 bits per heavy atom. The molecule has 0 spiro atoms. The second-order valence-electron chi connectivity index (χ2n) is 4.92. The highest BCUT2D eigenvalue weighted by Crippen LogP contribution is 2.30. The fourth-order valence-electron chi connectivity index (χ4n) is 2.97. The molecule has 0 N–H and O–H groups in total. The van der Waals surface area contributed by atoms with Gasteiger partial charge < -0.3 is 9.64 Å². The van der Waals surface area contributed by atoms with Crippen molar-refractivity contribution in [3.8, 4) is 0 Å². The van der Waals surface area contributed by atoms with Crippen LogP contribution in [0.5, 0.6) is 0 Å². The zero-order valence-electron chi connectivity index (χ0n) is 10.1. The molecule has 1 aromatic rings. The molecule has 4 heteroatoms. The molecule has 0 bridgehead atoms. The van der Waals surface area contributed by atoms with Crippen LogP contribution in [0.1, 0.15) is 29.6 Å². The van der Waals surface area contributed by atoms with Gasteiger partial charge in [-0.3, -0.25) is 4.79 Å². The number of fused-ring (bicyclic) bond motifs is 1. The summed E-state index contributed by atoms with van der Waals surface area (Å²) in [6.07, 6.45) is 3.62. The number of hydrogen-bond acceptors (Lipinski definition) is 2. The predicted molar refractivity (Wildman–Crippen MR) is 77.6 cm³/mol. The molecule has 1 saturated heterocycles. The third kappa shape index (κ3) is 2.28. The molecule has 2 fully saturated rings. The van der Waals surface area contributed by atoms with Gasteiger partial charge in [-0.2, -0.15) is 0 Å². The second-order valence-corrected chi connectivity index (χ2v) is 6.16. The zero-order valence-corrected chi connectivity index (χ0v) is 12.3. The first kappa shape index (κ1) is 12.4. The average molecular weight is 357 g/mol. The van der Waals surface area contributed by atoms with E-state index in [2.05, 4.69) is 22.6 Å². The van der Waals surface area contributed by atoms with Gasteiger partial charge in [-0.05, 0) is 60.1 Å². The topological polar surface area (TPSA) is 29.5 Å². The number of morpholine rings is 1. The Bertz CT molecular complexity index is 463. The van der Waals surface area contributed by atoms with Crippen molar-refractivity contribution in [2.75, 3.05) is 13.2 Å². The van der Waals surface area contributed by atoms with E-state index >= 15 is 0 Å². The number of carbonyl (C=O) groups is 1. The van der Waals surface area contributed by atoms with Crippen LogP contribution < -0.4 is 0 Å². The minimum absolute atomic E-state index is 0.161. The maximum Gasteiger partial charge on any atom is 0.254 e. The van der Waals surface area contributed by atoms with Gasteiger partial charge in [0.25, 0.3) is 5.91 Å². The number of benzene rings is 1. The van der Waals surface area contributed by atoms with Crippen molar-refractivity contribution >= 4 is 28.5 Å². The predicted octanol–water partition coefficient (Wildman–Crippen LogP) is 2.68. The van der Waals surface area contributed by atoms with E-state index in [1.807, 2.05) is 29.2 Å². The number of carbonyl (C=O) groups excluding carboxylic acids is 1. The third-order valence-corrected chi connectivity index (χ3v) is 4.49. The van der Waals surface area contributed by atoms with Gasteiger partial charge >= 0.3 is 0 Å². The van der Waals surface area contributed by atoms with Crippen LogP contribution in [-0.4, -0.2) is 36.1 Å². The van der Waals surface area contributed by atoms with Gasteiger partial charge in [-0.15, -0.1) is 0 Å². The summed E-state index contributed by atoms with van der Waals surface area (Å²) in [6.45, 7) is 1.41. The van der Waals surface area contributed by atoms with Gasteiger partial charge in [-0.25, -0.2) is 0 Å². The molecule has 2 aliphatic rings. The number of halogens is 1. The van der Waals surface area contributed by atoms with Crippen LogP contribution in [0.4, 0.5) is 0 Å². The normalized spacial score (nSPS) is 27.1. The lowest BCUT2D eigenvalue weighted by molar-refractivity contribution is -0.0445. The van der Waals surface area contributed by atoms with Crippen LogP contribution in [0.3, 0.4) is 0 Å². The van der Waals surface area contributed by atoms with Crippen LogP contribution in [0.2, 0.25) is 0 Å². The standard InChI is InChI=1S/C14H16INO2/c15-11-4-1-3-10(9-11)14(17)16-7-8-18-13-6-2-5-12(13)16/h1,3-4,9,12-13H,2,5-8H2. The van der Waals surface area contributed by atoms with Crippen LogP contribution in [0.15, 0.2) is 24.3 Å². The SMILES string of the molecule is O=C(c1cccc(I)c1)N1CCOC2CCCC21. The lowest BCUT2D eigenvalue weighted by atomic mass is 10.1. The summed E-state index contributed by atoms with van der Waals surface area (Å²) in [4.78, 5) is 14.6. The Kier molecular flexibility index (Phi) is 3.56.